The SMILES string of the molecule is NC(=O)C1CCN(c2nc3ccc(C(=O)O)cc3o2)C1. The van der Waals surface area contributed by atoms with Gasteiger partial charge in [0.2, 0.25) is 5.91 Å². The van der Waals surface area contributed by atoms with Gasteiger partial charge in [0.05, 0.1) is 11.5 Å². The van der Waals surface area contributed by atoms with E-state index in [1.54, 1.807) is 6.07 Å². The van der Waals surface area contributed by atoms with E-state index in [0.717, 1.165) is 0 Å². The minimum atomic E-state index is -1.01. The van der Waals surface area contributed by atoms with Crippen LogP contribution in [0.15, 0.2) is 22.6 Å². The molecule has 104 valence electrons. The summed E-state index contributed by atoms with van der Waals surface area (Å²) in [5.41, 5.74) is 6.44. The molecular weight excluding hydrogens is 262 g/mol. The maximum absolute atomic E-state index is 11.1. The van der Waals surface area contributed by atoms with Crippen LogP contribution in [0.3, 0.4) is 0 Å². The fraction of sp³-hybridized carbons (Fsp3) is 0.308. The number of benzene rings is 1. The lowest BCUT2D eigenvalue weighted by atomic mass is 10.1. The molecule has 0 saturated carbocycles. The molecule has 0 bridgehead atoms. The van der Waals surface area contributed by atoms with Gasteiger partial charge >= 0.3 is 5.97 Å². The van der Waals surface area contributed by atoms with Gasteiger partial charge in [-0.2, -0.15) is 4.98 Å². The first-order valence-electron chi connectivity index (χ1n) is 6.23. The Morgan fingerprint density at radius 1 is 1.45 bits per heavy atom. The summed E-state index contributed by atoms with van der Waals surface area (Å²) in [7, 11) is 0. The van der Waals surface area contributed by atoms with E-state index in [4.69, 9.17) is 15.3 Å². The molecule has 2 heterocycles. The second-order valence-electron chi connectivity index (χ2n) is 4.82. The van der Waals surface area contributed by atoms with Crippen LogP contribution < -0.4 is 10.6 Å². The van der Waals surface area contributed by atoms with Crippen molar-refractivity contribution < 1.29 is 19.1 Å². The number of primary amides is 1. The van der Waals surface area contributed by atoms with Crippen molar-refractivity contribution >= 4 is 29.0 Å². The molecule has 1 fully saturated rings. The summed E-state index contributed by atoms with van der Waals surface area (Å²) in [5, 5.41) is 8.93. The molecule has 7 nitrogen and oxygen atoms in total. The number of fused-ring (bicyclic) bond motifs is 1. The second-order valence-corrected chi connectivity index (χ2v) is 4.82. The Balaban J connectivity index is 1.90. The highest BCUT2D eigenvalue weighted by Crippen LogP contribution is 2.27. The summed E-state index contributed by atoms with van der Waals surface area (Å²) in [4.78, 5) is 28.2. The predicted molar refractivity (Wildman–Crippen MR) is 70.5 cm³/mol. The molecule has 1 aromatic heterocycles. The maximum Gasteiger partial charge on any atom is 0.335 e. The Morgan fingerprint density at radius 2 is 2.25 bits per heavy atom. The first kappa shape index (κ1) is 12.5. The number of amides is 1. The Morgan fingerprint density at radius 3 is 2.90 bits per heavy atom. The molecule has 20 heavy (non-hydrogen) atoms. The summed E-state index contributed by atoms with van der Waals surface area (Å²) >= 11 is 0. The summed E-state index contributed by atoms with van der Waals surface area (Å²) in [6, 6.07) is 4.92. The number of carboxylic acid groups (broad SMARTS) is 1. The summed E-state index contributed by atoms with van der Waals surface area (Å²) < 4.78 is 5.57. The van der Waals surface area contributed by atoms with Gasteiger partial charge in [-0.05, 0) is 24.6 Å². The van der Waals surface area contributed by atoms with Gasteiger partial charge in [-0.25, -0.2) is 4.79 Å². The molecule has 1 atom stereocenters. The number of hydrogen-bond donors (Lipinski definition) is 2. The van der Waals surface area contributed by atoms with Crippen molar-refractivity contribution in [3.8, 4) is 0 Å². The van der Waals surface area contributed by atoms with Crippen LogP contribution in [0.5, 0.6) is 0 Å². The molecule has 1 saturated heterocycles. The van der Waals surface area contributed by atoms with E-state index >= 15 is 0 Å². The molecule has 2 aromatic rings. The van der Waals surface area contributed by atoms with Crippen molar-refractivity contribution in [2.75, 3.05) is 18.0 Å². The maximum atomic E-state index is 11.1. The van der Waals surface area contributed by atoms with Crippen LogP contribution in [0.25, 0.3) is 11.1 Å². The zero-order valence-corrected chi connectivity index (χ0v) is 10.6. The number of rotatable bonds is 3. The lowest BCUT2D eigenvalue weighted by Gasteiger charge is -2.11. The first-order chi connectivity index (χ1) is 9.54. The van der Waals surface area contributed by atoms with Crippen LogP contribution >= 0.6 is 0 Å². The van der Waals surface area contributed by atoms with Crippen LogP contribution in [-0.2, 0) is 4.79 Å². The van der Waals surface area contributed by atoms with E-state index < -0.39 is 5.97 Å². The molecule has 1 aliphatic rings. The third kappa shape index (κ3) is 2.07. The molecule has 1 unspecified atom stereocenters. The van der Waals surface area contributed by atoms with Crippen LogP contribution in [-0.4, -0.2) is 35.1 Å². The molecule has 1 aromatic carbocycles. The van der Waals surface area contributed by atoms with Crippen LogP contribution in [0.1, 0.15) is 16.8 Å². The van der Waals surface area contributed by atoms with Crippen molar-refractivity contribution in [1.29, 1.82) is 0 Å². The molecule has 3 rings (SSSR count). The van der Waals surface area contributed by atoms with E-state index in [0.29, 0.717) is 36.6 Å². The molecule has 0 radical (unpaired) electrons. The molecule has 1 amide bonds. The van der Waals surface area contributed by atoms with Crippen molar-refractivity contribution in [2.24, 2.45) is 11.7 Å². The van der Waals surface area contributed by atoms with E-state index in [2.05, 4.69) is 4.98 Å². The van der Waals surface area contributed by atoms with Gasteiger partial charge in [0.15, 0.2) is 5.58 Å². The Labute approximate surface area is 114 Å². The lowest BCUT2D eigenvalue weighted by Crippen LogP contribution is -2.27. The van der Waals surface area contributed by atoms with Crippen molar-refractivity contribution in [2.45, 2.75) is 6.42 Å². The van der Waals surface area contributed by atoms with Gasteiger partial charge in [0.1, 0.15) is 5.52 Å². The topological polar surface area (TPSA) is 110 Å². The normalized spacial score (nSPS) is 18.6. The molecular formula is C13H13N3O4. The number of oxazole rings is 1. The number of aromatic carboxylic acids is 1. The van der Waals surface area contributed by atoms with Gasteiger partial charge < -0.3 is 20.2 Å². The van der Waals surface area contributed by atoms with Crippen molar-refractivity contribution in [1.82, 2.24) is 4.98 Å². The lowest BCUT2D eigenvalue weighted by molar-refractivity contribution is -0.121. The second kappa shape index (κ2) is 4.52. The summed E-state index contributed by atoms with van der Waals surface area (Å²) in [6.45, 7) is 1.13. The van der Waals surface area contributed by atoms with Gasteiger partial charge in [0, 0.05) is 13.1 Å². The number of carbonyl (C=O) groups is 2. The van der Waals surface area contributed by atoms with E-state index in [9.17, 15) is 9.59 Å². The van der Waals surface area contributed by atoms with Crippen LogP contribution in [0.4, 0.5) is 6.01 Å². The largest absolute Gasteiger partial charge is 0.478 e. The van der Waals surface area contributed by atoms with Crippen LogP contribution in [0.2, 0.25) is 0 Å². The third-order valence-electron chi connectivity index (χ3n) is 3.49. The fourth-order valence-electron chi connectivity index (χ4n) is 2.35. The summed E-state index contributed by atoms with van der Waals surface area (Å²) in [6.07, 6.45) is 0.675. The highest BCUT2D eigenvalue weighted by Gasteiger charge is 2.29. The van der Waals surface area contributed by atoms with Gasteiger partial charge in [-0.1, -0.05) is 0 Å². The van der Waals surface area contributed by atoms with Crippen LogP contribution in [0, 0.1) is 5.92 Å². The molecule has 7 heteroatoms. The zero-order chi connectivity index (χ0) is 14.3. The van der Waals surface area contributed by atoms with E-state index in [-0.39, 0.29) is 17.4 Å². The highest BCUT2D eigenvalue weighted by atomic mass is 16.4. The van der Waals surface area contributed by atoms with Gasteiger partial charge in [0.25, 0.3) is 6.01 Å². The highest BCUT2D eigenvalue weighted by molar-refractivity contribution is 5.92. The van der Waals surface area contributed by atoms with Crippen molar-refractivity contribution in [3.05, 3.63) is 23.8 Å². The van der Waals surface area contributed by atoms with E-state index in [1.165, 1.54) is 12.1 Å². The Bertz CT molecular complexity index is 694. The third-order valence-corrected chi connectivity index (χ3v) is 3.49. The average Bonchev–Trinajstić information content (AvgIpc) is 3.04. The number of carboxylic acids is 1. The van der Waals surface area contributed by atoms with Gasteiger partial charge in [-0.3, -0.25) is 4.79 Å². The van der Waals surface area contributed by atoms with Gasteiger partial charge in [-0.15, -0.1) is 0 Å². The standard InChI is InChI=1S/C13H13N3O4/c14-11(17)8-3-4-16(6-8)13-15-9-2-1-7(12(18)19)5-10(9)20-13/h1-2,5,8H,3-4,6H2,(H2,14,17)(H,18,19). The minimum Gasteiger partial charge on any atom is -0.478 e. The zero-order valence-electron chi connectivity index (χ0n) is 10.6. The molecule has 3 N–H and O–H groups in total. The van der Waals surface area contributed by atoms with Crippen molar-refractivity contribution in [3.63, 3.8) is 0 Å². The first-order valence-corrected chi connectivity index (χ1v) is 6.23. The Kier molecular flexibility index (Phi) is 2.81. The molecule has 0 spiro atoms. The number of carbonyl (C=O) groups excluding carboxylic acids is 1. The number of hydrogen-bond acceptors (Lipinski definition) is 5. The number of anilines is 1. The smallest absolute Gasteiger partial charge is 0.335 e. The van der Waals surface area contributed by atoms with E-state index in [1.807, 2.05) is 4.90 Å². The molecule has 0 aliphatic carbocycles. The number of nitrogens with two attached hydrogens (primary N) is 1. The minimum absolute atomic E-state index is 0.150. The Hall–Kier alpha value is -2.57. The number of aromatic nitrogens is 1. The summed E-state index contributed by atoms with van der Waals surface area (Å²) in [5.74, 6) is -1.53. The average molecular weight is 275 g/mol. The fourth-order valence-corrected chi connectivity index (χ4v) is 2.35. The monoisotopic (exact) mass is 275 g/mol. The predicted octanol–water partition coefficient (Wildman–Crippen LogP) is 0.838. The number of nitrogens with zero attached hydrogens (tertiary/aromatic N) is 2. The molecule has 1 aliphatic heterocycles. The quantitative estimate of drug-likeness (QED) is 0.858.